The minimum atomic E-state index is -0.0578. The van der Waals surface area contributed by atoms with Crippen molar-refractivity contribution in [3.8, 4) is 11.3 Å². The molecule has 1 saturated heterocycles. The molecule has 0 spiro atoms. The van der Waals surface area contributed by atoms with E-state index in [4.69, 9.17) is 0 Å². The number of nitrogens with one attached hydrogen (secondary N) is 1. The highest BCUT2D eigenvalue weighted by Crippen LogP contribution is 2.20. The number of aromatic nitrogens is 2. The topological polar surface area (TPSA) is 66.7 Å². The average Bonchev–Trinajstić information content (AvgIpc) is 3.27. The Balaban J connectivity index is 1.56. The standard InChI is InChI=1S/C20H20N4O2/c1-14(25)21-17-9-10-23(12-17)20(26)16-7-8-19-22-18(13-24(19)11-16)15-5-3-2-4-6-15/h2-8,11,13,17H,9-10,12H2,1H3,(H,21,25)/t17-/m1/s1. The molecule has 0 aliphatic carbocycles. The van der Waals surface area contributed by atoms with Gasteiger partial charge in [-0.05, 0) is 18.6 Å². The van der Waals surface area contributed by atoms with Crippen LogP contribution in [0.3, 0.4) is 0 Å². The minimum absolute atomic E-state index is 0.0188. The average molecular weight is 348 g/mol. The molecule has 1 aliphatic rings. The molecule has 2 amide bonds. The number of carbonyl (C=O) groups is 2. The third-order valence-corrected chi connectivity index (χ3v) is 4.65. The maximum Gasteiger partial charge on any atom is 0.255 e. The van der Waals surface area contributed by atoms with E-state index in [0.717, 1.165) is 23.3 Å². The number of pyridine rings is 1. The summed E-state index contributed by atoms with van der Waals surface area (Å²) in [4.78, 5) is 30.4. The molecule has 1 atom stereocenters. The zero-order valence-electron chi connectivity index (χ0n) is 14.6. The quantitative estimate of drug-likeness (QED) is 0.790. The fraction of sp³-hybridized carbons (Fsp3) is 0.250. The first-order valence-corrected chi connectivity index (χ1v) is 8.71. The zero-order chi connectivity index (χ0) is 18.1. The third kappa shape index (κ3) is 3.18. The van der Waals surface area contributed by atoms with Crippen LogP contribution in [-0.2, 0) is 4.79 Å². The molecule has 6 heteroatoms. The van der Waals surface area contributed by atoms with E-state index >= 15 is 0 Å². The van der Waals surface area contributed by atoms with Crippen LogP contribution in [0.1, 0.15) is 23.7 Å². The van der Waals surface area contributed by atoms with E-state index < -0.39 is 0 Å². The zero-order valence-corrected chi connectivity index (χ0v) is 14.6. The van der Waals surface area contributed by atoms with Gasteiger partial charge < -0.3 is 14.6 Å². The van der Waals surface area contributed by atoms with Crippen molar-refractivity contribution in [3.63, 3.8) is 0 Å². The summed E-state index contributed by atoms with van der Waals surface area (Å²) < 4.78 is 1.89. The maximum atomic E-state index is 12.8. The Morgan fingerprint density at radius 2 is 1.92 bits per heavy atom. The molecule has 1 aliphatic heterocycles. The van der Waals surface area contributed by atoms with E-state index in [0.29, 0.717) is 18.7 Å². The Labute approximate surface area is 151 Å². The molecule has 1 fully saturated rings. The van der Waals surface area contributed by atoms with Crippen LogP contribution in [0.25, 0.3) is 16.9 Å². The highest BCUT2D eigenvalue weighted by atomic mass is 16.2. The van der Waals surface area contributed by atoms with E-state index in [-0.39, 0.29) is 17.9 Å². The summed E-state index contributed by atoms with van der Waals surface area (Å²) in [5.74, 6) is -0.0766. The fourth-order valence-corrected chi connectivity index (χ4v) is 3.40. The largest absolute Gasteiger partial charge is 0.352 e. The van der Waals surface area contributed by atoms with Crippen LogP contribution >= 0.6 is 0 Å². The Morgan fingerprint density at radius 3 is 2.69 bits per heavy atom. The van der Waals surface area contributed by atoms with Crippen molar-refractivity contribution in [3.05, 3.63) is 60.4 Å². The minimum Gasteiger partial charge on any atom is -0.352 e. The Hall–Kier alpha value is -3.15. The van der Waals surface area contributed by atoms with Crippen molar-refractivity contribution in [2.45, 2.75) is 19.4 Å². The lowest BCUT2D eigenvalue weighted by Crippen LogP contribution is -2.37. The van der Waals surface area contributed by atoms with Crippen molar-refractivity contribution in [1.29, 1.82) is 0 Å². The summed E-state index contributed by atoms with van der Waals surface area (Å²) in [6.07, 6.45) is 4.55. The number of fused-ring (bicyclic) bond motifs is 1. The predicted molar refractivity (Wildman–Crippen MR) is 98.8 cm³/mol. The number of hydrogen-bond acceptors (Lipinski definition) is 3. The summed E-state index contributed by atoms with van der Waals surface area (Å²) in [6.45, 7) is 2.71. The van der Waals surface area contributed by atoms with Gasteiger partial charge in [-0.1, -0.05) is 30.3 Å². The van der Waals surface area contributed by atoms with E-state index in [1.54, 1.807) is 4.90 Å². The number of rotatable bonds is 3. The van der Waals surface area contributed by atoms with Gasteiger partial charge in [0.05, 0.1) is 11.3 Å². The summed E-state index contributed by atoms with van der Waals surface area (Å²) in [5.41, 5.74) is 3.35. The second-order valence-electron chi connectivity index (χ2n) is 6.61. The van der Waals surface area contributed by atoms with Crippen molar-refractivity contribution in [2.24, 2.45) is 0 Å². The van der Waals surface area contributed by atoms with Crippen LogP contribution in [0.4, 0.5) is 0 Å². The molecule has 0 radical (unpaired) electrons. The van der Waals surface area contributed by atoms with Crippen LogP contribution in [0.2, 0.25) is 0 Å². The molecule has 0 saturated carbocycles. The Bertz CT molecular complexity index is 964. The number of benzene rings is 1. The molecule has 6 nitrogen and oxygen atoms in total. The molecule has 3 aromatic rings. The highest BCUT2D eigenvalue weighted by Gasteiger charge is 2.27. The van der Waals surface area contributed by atoms with Crippen molar-refractivity contribution >= 4 is 17.5 Å². The number of hydrogen-bond donors (Lipinski definition) is 1. The normalized spacial score (nSPS) is 16.8. The van der Waals surface area contributed by atoms with Gasteiger partial charge in [0.15, 0.2) is 0 Å². The molecule has 3 heterocycles. The molecule has 26 heavy (non-hydrogen) atoms. The van der Waals surface area contributed by atoms with Gasteiger partial charge in [0.25, 0.3) is 5.91 Å². The van der Waals surface area contributed by atoms with Gasteiger partial charge >= 0.3 is 0 Å². The van der Waals surface area contributed by atoms with Gasteiger partial charge in [-0.2, -0.15) is 0 Å². The number of carbonyl (C=O) groups excluding carboxylic acids is 2. The van der Waals surface area contributed by atoms with Gasteiger partial charge in [-0.15, -0.1) is 0 Å². The smallest absolute Gasteiger partial charge is 0.255 e. The second-order valence-corrected chi connectivity index (χ2v) is 6.61. The van der Waals surface area contributed by atoms with Gasteiger partial charge in [0.2, 0.25) is 5.91 Å². The molecular formula is C20H20N4O2. The summed E-state index contributed by atoms with van der Waals surface area (Å²) in [5, 5.41) is 2.88. The molecule has 1 N–H and O–H groups in total. The van der Waals surface area contributed by atoms with Gasteiger partial charge in [-0.3, -0.25) is 9.59 Å². The number of likely N-dealkylation sites (tertiary alicyclic amines) is 1. The lowest BCUT2D eigenvalue weighted by Gasteiger charge is -2.17. The molecular weight excluding hydrogens is 328 g/mol. The van der Waals surface area contributed by atoms with Gasteiger partial charge in [-0.25, -0.2) is 4.98 Å². The molecule has 4 rings (SSSR count). The number of amides is 2. The highest BCUT2D eigenvalue weighted by molar-refractivity contribution is 5.94. The van der Waals surface area contributed by atoms with Crippen molar-refractivity contribution in [2.75, 3.05) is 13.1 Å². The fourth-order valence-electron chi connectivity index (χ4n) is 3.40. The maximum absolute atomic E-state index is 12.8. The van der Waals surface area contributed by atoms with E-state index in [1.165, 1.54) is 6.92 Å². The van der Waals surface area contributed by atoms with Crippen LogP contribution in [0.15, 0.2) is 54.9 Å². The Morgan fingerprint density at radius 1 is 1.12 bits per heavy atom. The van der Waals surface area contributed by atoms with E-state index in [9.17, 15) is 9.59 Å². The van der Waals surface area contributed by atoms with E-state index in [1.807, 2.05) is 59.3 Å². The first-order chi connectivity index (χ1) is 12.6. The predicted octanol–water partition coefficient (Wildman–Crippen LogP) is 2.35. The molecule has 132 valence electrons. The lowest BCUT2D eigenvalue weighted by molar-refractivity contribution is -0.119. The van der Waals surface area contributed by atoms with Crippen molar-refractivity contribution < 1.29 is 9.59 Å². The molecule has 1 aromatic carbocycles. The summed E-state index contributed by atoms with van der Waals surface area (Å²) in [6, 6.07) is 13.7. The SMILES string of the molecule is CC(=O)N[C@@H]1CCN(C(=O)c2ccc3nc(-c4ccccc4)cn3c2)C1. The van der Waals surface area contributed by atoms with Gasteiger partial charge in [0.1, 0.15) is 5.65 Å². The van der Waals surface area contributed by atoms with Crippen LogP contribution in [0, 0.1) is 0 Å². The third-order valence-electron chi connectivity index (χ3n) is 4.65. The number of nitrogens with zero attached hydrogens (tertiary/aromatic N) is 3. The first-order valence-electron chi connectivity index (χ1n) is 8.71. The number of imidazole rings is 1. The van der Waals surface area contributed by atoms with Gasteiger partial charge in [0, 0.05) is 44.0 Å². The Kier molecular flexibility index (Phi) is 4.16. The molecule has 0 unspecified atom stereocenters. The second kappa shape index (κ2) is 6.63. The van der Waals surface area contributed by atoms with Crippen LogP contribution < -0.4 is 5.32 Å². The molecule has 0 bridgehead atoms. The lowest BCUT2D eigenvalue weighted by atomic mass is 10.2. The van der Waals surface area contributed by atoms with Crippen molar-refractivity contribution in [1.82, 2.24) is 19.6 Å². The van der Waals surface area contributed by atoms with E-state index in [2.05, 4.69) is 10.3 Å². The monoisotopic (exact) mass is 348 g/mol. The molecule has 2 aromatic heterocycles. The van der Waals surface area contributed by atoms with Crippen LogP contribution in [-0.4, -0.2) is 45.2 Å². The first kappa shape index (κ1) is 16.3. The summed E-state index contributed by atoms with van der Waals surface area (Å²) in [7, 11) is 0. The summed E-state index contributed by atoms with van der Waals surface area (Å²) >= 11 is 0. The van der Waals surface area contributed by atoms with Crippen LogP contribution in [0.5, 0.6) is 0 Å².